The number of rotatable bonds is 5. The summed E-state index contributed by atoms with van der Waals surface area (Å²) in [6.45, 7) is 0. The number of nitrogens with one attached hydrogen (secondary N) is 1. The highest BCUT2D eigenvalue weighted by Gasteiger charge is 2.25. The Balaban J connectivity index is 1.82. The van der Waals surface area contributed by atoms with Crippen LogP contribution in [0.5, 0.6) is 0 Å². The van der Waals surface area contributed by atoms with Gasteiger partial charge in [0, 0.05) is 12.5 Å². The first-order valence-corrected chi connectivity index (χ1v) is 4.87. The topological polar surface area (TPSA) is 51.2 Å². The van der Waals surface area contributed by atoms with Gasteiger partial charge in [-0.1, -0.05) is 12.8 Å². The summed E-state index contributed by atoms with van der Waals surface area (Å²) in [6, 6.07) is 4.29. The van der Waals surface area contributed by atoms with Crippen LogP contribution >= 0.6 is 0 Å². The van der Waals surface area contributed by atoms with Gasteiger partial charge in [0.1, 0.15) is 5.76 Å². The number of hydrazine groups is 1. The molecule has 0 aromatic carbocycles. The van der Waals surface area contributed by atoms with Crippen LogP contribution in [-0.4, -0.2) is 6.04 Å². The van der Waals surface area contributed by atoms with E-state index in [1.807, 2.05) is 12.1 Å². The fourth-order valence-corrected chi connectivity index (χ4v) is 1.64. The predicted molar refractivity (Wildman–Crippen MR) is 50.9 cm³/mol. The van der Waals surface area contributed by atoms with E-state index in [4.69, 9.17) is 10.3 Å². The van der Waals surface area contributed by atoms with Crippen molar-refractivity contribution in [3.63, 3.8) is 0 Å². The molecule has 1 atom stereocenters. The average Bonchev–Trinajstić information content (AvgIpc) is 2.80. The van der Waals surface area contributed by atoms with Crippen molar-refractivity contribution in [1.29, 1.82) is 0 Å². The van der Waals surface area contributed by atoms with Gasteiger partial charge in [-0.05, 0) is 24.5 Å². The SMILES string of the molecule is NNC(Cc1ccco1)CC1CC1. The fraction of sp³-hybridized carbons (Fsp3) is 0.600. The van der Waals surface area contributed by atoms with E-state index in [9.17, 15) is 0 Å². The van der Waals surface area contributed by atoms with Gasteiger partial charge in [0.05, 0.1) is 6.26 Å². The molecule has 2 rings (SSSR count). The summed E-state index contributed by atoms with van der Waals surface area (Å²) in [5.41, 5.74) is 2.85. The minimum absolute atomic E-state index is 0.374. The Morgan fingerprint density at radius 3 is 3.00 bits per heavy atom. The third-order valence-corrected chi connectivity index (χ3v) is 2.58. The van der Waals surface area contributed by atoms with E-state index in [0.717, 1.165) is 18.1 Å². The van der Waals surface area contributed by atoms with E-state index >= 15 is 0 Å². The van der Waals surface area contributed by atoms with Crippen molar-refractivity contribution in [1.82, 2.24) is 5.43 Å². The zero-order valence-electron chi connectivity index (χ0n) is 7.70. The van der Waals surface area contributed by atoms with Crippen molar-refractivity contribution >= 4 is 0 Å². The van der Waals surface area contributed by atoms with Crippen LogP contribution in [0.15, 0.2) is 22.8 Å². The van der Waals surface area contributed by atoms with Gasteiger partial charge in [-0.2, -0.15) is 0 Å². The summed E-state index contributed by atoms with van der Waals surface area (Å²) in [7, 11) is 0. The van der Waals surface area contributed by atoms with Crippen LogP contribution in [0.3, 0.4) is 0 Å². The third-order valence-electron chi connectivity index (χ3n) is 2.58. The van der Waals surface area contributed by atoms with Gasteiger partial charge in [-0.3, -0.25) is 11.3 Å². The monoisotopic (exact) mass is 180 g/mol. The maximum atomic E-state index is 5.47. The van der Waals surface area contributed by atoms with Gasteiger partial charge in [-0.25, -0.2) is 0 Å². The predicted octanol–water partition coefficient (Wildman–Crippen LogP) is 1.45. The molecule has 13 heavy (non-hydrogen) atoms. The molecule has 1 fully saturated rings. The minimum atomic E-state index is 0.374. The first-order valence-electron chi connectivity index (χ1n) is 4.87. The molecule has 0 aliphatic heterocycles. The molecule has 1 aliphatic carbocycles. The number of hydrogen-bond acceptors (Lipinski definition) is 3. The zero-order valence-corrected chi connectivity index (χ0v) is 7.70. The standard InChI is InChI=1S/C10H16N2O/c11-12-9(6-8-3-4-8)7-10-2-1-5-13-10/h1-2,5,8-9,12H,3-4,6-7,11H2. The van der Waals surface area contributed by atoms with Crippen molar-refractivity contribution in [2.24, 2.45) is 11.8 Å². The molecule has 0 radical (unpaired) electrons. The van der Waals surface area contributed by atoms with Crippen LogP contribution in [0, 0.1) is 5.92 Å². The normalized spacial score (nSPS) is 18.8. The van der Waals surface area contributed by atoms with Crippen molar-refractivity contribution in [3.8, 4) is 0 Å². The fourth-order valence-electron chi connectivity index (χ4n) is 1.64. The largest absolute Gasteiger partial charge is 0.469 e. The molecule has 0 bridgehead atoms. The first-order chi connectivity index (χ1) is 6.38. The summed E-state index contributed by atoms with van der Waals surface area (Å²) in [5, 5.41) is 0. The van der Waals surface area contributed by atoms with E-state index in [2.05, 4.69) is 5.43 Å². The molecule has 0 saturated heterocycles. The second-order valence-corrected chi connectivity index (χ2v) is 3.83. The molecule has 3 nitrogen and oxygen atoms in total. The minimum Gasteiger partial charge on any atom is -0.469 e. The van der Waals surface area contributed by atoms with Gasteiger partial charge in [0.25, 0.3) is 0 Å². The molecule has 3 N–H and O–H groups in total. The highest BCUT2D eigenvalue weighted by Crippen LogP contribution is 2.33. The van der Waals surface area contributed by atoms with Gasteiger partial charge in [0.2, 0.25) is 0 Å². The molecule has 1 aromatic heterocycles. The lowest BCUT2D eigenvalue weighted by Crippen LogP contribution is -2.37. The molecule has 3 heteroatoms. The molecule has 1 heterocycles. The maximum Gasteiger partial charge on any atom is 0.105 e. The Kier molecular flexibility index (Phi) is 2.66. The second-order valence-electron chi connectivity index (χ2n) is 3.83. The molecule has 0 spiro atoms. The number of nitrogens with two attached hydrogens (primary N) is 1. The summed E-state index contributed by atoms with van der Waals surface area (Å²) in [6.07, 6.45) is 6.53. The summed E-state index contributed by atoms with van der Waals surface area (Å²) < 4.78 is 5.27. The second kappa shape index (κ2) is 3.94. The van der Waals surface area contributed by atoms with E-state index in [1.165, 1.54) is 19.3 Å². The lowest BCUT2D eigenvalue weighted by molar-refractivity contribution is 0.416. The van der Waals surface area contributed by atoms with E-state index in [1.54, 1.807) is 6.26 Å². The highest BCUT2D eigenvalue weighted by molar-refractivity contribution is 5.00. The van der Waals surface area contributed by atoms with Crippen LogP contribution in [-0.2, 0) is 6.42 Å². The molecule has 1 aliphatic rings. The van der Waals surface area contributed by atoms with Crippen LogP contribution in [0.1, 0.15) is 25.0 Å². The molecular weight excluding hydrogens is 164 g/mol. The van der Waals surface area contributed by atoms with Crippen molar-refractivity contribution in [3.05, 3.63) is 24.2 Å². The molecular formula is C10H16N2O. The molecule has 0 amide bonds. The van der Waals surface area contributed by atoms with Gasteiger partial charge in [0.15, 0.2) is 0 Å². The van der Waals surface area contributed by atoms with E-state index in [0.29, 0.717) is 6.04 Å². The summed E-state index contributed by atoms with van der Waals surface area (Å²) in [4.78, 5) is 0. The van der Waals surface area contributed by atoms with Crippen LogP contribution in [0.4, 0.5) is 0 Å². The van der Waals surface area contributed by atoms with E-state index < -0.39 is 0 Å². The smallest absolute Gasteiger partial charge is 0.105 e. The van der Waals surface area contributed by atoms with Crippen LogP contribution in [0.2, 0.25) is 0 Å². The van der Waals surface area contributed by atoms with Gasteiger partial charge < -0.3 is 4.42 Å². The van der Waals surface area contributed by atoms with Crippen molar-refractivity contribution in [2.75, 3.05) is 0 Å². The van der Waals surface area contributed by atoms with E-state index in [-0.39, 0.29) is 0 Å². The maximum absolute atomic E-state index is 5.47. The number of furan rings is 1. The Morgan fingerprint density at radius 2 is 2.46 bits per heavy atom. The van der Waals surface area contributed by atoms with Gasteiger partial charge in [-0.15, -0.1) is 0 Å². The Morgan fingerprint density at radius 1 is 1.62 bits per heavy atom. The average molecular weight is 180 g/mol. The van der Waals surface area contributed by atoms with Gasteiger partial charge >= 0.3 is 0 Å². The zero-order chi connectivity index (χ0) is 9.10. The molecule has 72 valence electrons. The lowest BCUT2D eigenvalue weighted by atomic mass is 10.1. The molecule has 1 aromatic rings. The molecule has 1 saturated carbocycles. The summed E-state index contributed by atoms with van der Waals surface area (Å²) in [5.74, 6) is 7.39. The Labute approximate surface area is 78.3 Å². The van der Waals surface area contributed by atoms with Crippen molar-refractivity contribution in [2.45, 2.75) is 31.7 Å². The Bertz CT molecular complexity index is 241. The highest BCUT2D eigenvalue weighted by atomic mass is 16.3. The Hall–Kier alpha value is -0.800. The summed E-state index contributed by atoms with van der Waals surface area (Å²) >= 11 is 0. The first kappa shape index (κ1) is 8.78. The van der Waals surface area contributed by atoms with Crippen LogP contribution in [0.25, 0.3) is 0 Å². The quantitative estimate of drug-likeness (QED) is 0.532. The number of hydrogen-bond donors (Lipinski definition) is 2. The van der Waals surface area contributed by atoms with Crippen molar-refractivity contribution < 1.29 is 4.42 Å². The lowest BCUT2D eigenvalue weighted by Gasteiger charge is -2.13. The molecule has 1 unspecified atom stereocenters. The van der Waals surface area contributed by atoms with Crippen LogP contribution < -0.4 is 11.3 Å². The third kappa shape index (κ3) is 2.57.